The maximum absolute atomic E-state index is 13.6. The zero-order chi connectivity index (χ0) is 18.0. The summed E-state index contributed by atoms with van der Waals surface area (Å²) in [6.45, 7) is 0.00192. The van der Waals surface area contributed by atoms with Crippen LogP contribution in [0.4, 0.5) is 8.78 Å². The number of nitrogens with one attached hydrogen (secondary N) is 1. The summed E-state index contributed by atoms with van der Waals surface area (Å²) in [4.78, 5) is 11.9. The van der Waals surface area contributed by atoms with Gasteiger partial charge in [-0.25, -0.2) is 26.6 Å². The summed E-state index contributed by atoms with van der Waals surface area (Å²) in [5.74, 6) is -2.17. The summed E-state index contributed by atoms with van der Waals surface area (Å²) in [5, 5.41) is 4.24. The summed E-state index contributed by atoms with van der Waals surface area (Å²) in [7, 11) is -3.87. The molecule has 0 atom stereocenters. The Balaban J connectivity index is 1.63. The molecule has 1 aliphatic carbocycles. The lowest BCUT2D eigenvalue weighted by atomic mass is 10.2. The van der Waals surface area contributed by atoms with Crippen molar-refractivity contribution in [1.29, 1.82) is 0 Å². The Morgan fingerprint density at radius 2 is 2.00 bits per heavy atom. The van der Waals surface area contributed by atoms with E-state index in [2.05, 4.69) is 9.82 Å². The fraction of sp³-hybridized carbons (Fsp3) is 0.375. The molecule has 0 unspecified atom stereocenters. The van der Waals surface area contributed by atoms with Gasteiger partial charge in [0.2, 0.25) is 10.0 Å². The van der Waals surface area contributed by atoms with Gasteiger partial charge in [-0.05, 0) is 43.0 Å². The van der Waals surface area contributed by atoms with E-state index in [1.807, 2.05) is 0 Å². The van der Waals surface area contributed by atoms with E-state index in [0.29, 0.717) is 0 Å². The van der Waals surface area contributed by atoms with Gasteiger partial charge in [0.25, 0.3) is 5.56 Å². The Labute approximate surface area is 143 Å². The van der Waals surface area contributed by atoms with E-state index in [1.54, 1.807) is 0 Å². The van der Waals surface area contributed by atoms with Crippen LogP contribution in [0.5, 0.6) is 0 Å². The molecule has 1 aromatic heterocycles. The molecular weight excluding hydrogens is 352 g/mol. The van der Waals surface area contributed by atoms with Crippen LogP contribution in [0.2, 0.25) is 0 Å². The van der Waals surface area contributed by atoms with Crippen molar-refractivity contribution in [3.8, 4) is 0 Å². The number of hydrogen-bond acceptors (Lipinski definition) is 4. The Hall–Kier alpha value is -2.13. The van der Waals surface area contributed by atoms with Crippen molar-refractivity contribution in [2.45, 2.75) is 31.6 Å². The van der Waals surface area contributed by atoms with Crippen molar-refractivity contribution in [1.82, 2.24) is 14.5 Å². The van der Waals surface area contributed by atoms with Gasteiger partial charge in [0.1, 0.15) is 11.6 Å². The van der Waals surface area contributed by atoms with E-state index < -0.39 is 27.4 Å². The monoisotopic (exact) mass is 369 g/mol. The minimum Gasteiger partial charge on any atom is -0.268 e. The van der Waals surface area contributed by atoms with Gasteiger partial charge in [-0.1, -0.05) is 0 Å². The first-order valence-electron chi connectivity index (χ1n) is 7.85. The average molecular weight is 369 g/mol. The van der Waals surface area contributed by atoms with Crippen molar-refractivity contribution >= 4 is 10.0 Å². The molecule has 2 aromatic rings. The summed E-state index contributed by atoms with van der Waals surface area (Å²) in [5.41, 5.74) is 1.28. The number of nitrogens with zero attached hydrogens (tertiary/aromatic N) is 2. The summed E-state index contributed by atoms with van der Waals surface area (Å²) < 4.78 is 54.2. The lowest BCUT2D eigenvalue weighted by Crippen LogP contribution is -2.33. The zero-order valence-corrected chi connectivity index (χ0v) is 14.2. The van der Waals surface area contributed by atoms with E-state index >= 15 is 0 Å². The normalized spacial score (nSPS) is 13.8. The molecule has 1 N–H and O–H groups in total. The highest BCUT2D eigenvalue weighted by atomic mass is 32.2. The molecule has 134 valence electrons. The number of hydrogen-bond donors (Lipinski definition) is 1. The topological polar surface area (TPSA) is 81.1 Å². The summed E-state index contributed by atoms with van der Waals surface area (Å²) >= 11 is 0. The third kappa shape index (κ3) is 4.29. The van der Waals surface area contributed by atoms with Crippen LogP contribution in [-0.2, 0) is 35.2 Å². The molecule has 0 radical (unpaired) electrons. The molecule has 9 heteroatoms. The molecule has 0 amide bonds. The van der Waals surface area contributed by atoms with Crippen LogP contribution in [0, 0.1) is 11.6 Å². The molecule has 0 bridgehead atoms. The number of sulfonamides is 1. The second-order valence-corrected chi connectivity index (χ2v) is 7.73. The van der Waals surface area contributed by atoms with Crippen LogP contribution in [0.1, 0.15) is 23.2 Å². The predicted octanol–water partition coefficient (Wildman–Crippen LogP) is 1.13. The van der Waals surface area contributed by atoms with E-state index in [4.69, 9.17) is 0 Å². The average Bonchev–Trinajstić information content (AvgIpc) is 2.97. The number of aryl methyl sites for hydroxylation is 2. The van der Waals surface area contributed by atoms with E-state index in [0.717, 1.165) is 48.7 Å². The molecular formula is C16H17F2N3O3S. The van der Waals surface area contributed by atoms with Gasteiger partial charge in [-0.3, -0.25) is 4.79 Å². The van der Waals surface area contributed by atoms with Crippen molar-refractivity contribution in [2.75, 3.05) is 6.54 Å². The minimum atomic E-state index is -3.87. The molecule has 0 fully saturated rings. The van der Waals surface area contributed by atoms with Gasteiger partial charge in [-0.2, -0.15) is 5.10 Å². The lowest BCUT2D eigenvalue weighted by molar-refractivity contribution is 0.539. The quantitative estimate of drug-likeness (QED) is 0.828. The van der Waals surface area contributed by atoms with Gasteiger partial charge in [0.05, 0.1) is 18.0 Å². The summed E-state index contributed by atoms with van der Waals surface area (Å²) in [6.07, 6.45) is 2.60. The molecule has 1 heterocycles. The first-order chi connectivity index (χ1) is 11.8. The zero-order valence-electron chi connectivity index (χ0n) is 13.3. The third-order valence-corrected chi connectivity index (χ3v) is 5.36. The van der Waals surface area contributed by atoms with Crippen molar-refractivity contribution in [3.05, 3.63) is 63.1 Å². The molecule has 6 nitrogen and oxygen atoms in total. The second kappa shape index (κ2) is 7.01. The highest BCUT2D eigenvalue weighted by molar-refractivity contribution is 7.88. The summed E-state index contributed by atoms with van der Waals surface area (Å²) in [6, 6.07) is 4.19. The van der Waals surface area contributed by atoms with Crippen LogP contribution >= 0.6 is 0 Å². The standard InChI is InChI=1S/C16H17F2N3O3S/c17-13-4-5-14(18)12(8-13)10-25(23,24)19-6-7-21-16(22)9-11-2-1-3-15(11)20-21/h4-5,8-9,19H,1-3,6-7,10H2. The van der Waals surface area contributed by atoms with Crippen LogP contribution in [0.3, 0.4) is 0 Å². The van der Waals surface area contributed by atoms with Crippen molar-refractivity contribution in [2.24, 2.45) is 0 Å². The molecule has 0 spiro atoms. The van der Waals surface area contributed by atoms with Gasteiger partial charge in [0, 0.05) is 18.2 Å². The third-order valence-electron chi connectivity index (χ3n) is 4.02. The Morgan fingerprint density at radius 1 is 1.20 bits per heavy atom. The molecule has 0 saturated carbocycles. The number of fused-ring (bicyclic) bond motifs is 1. The number of halogens is 2. The fourth-order valence-corrected chi connectivity index (χ4v) is 3.95. The van der Waals surface area contributed by atoms with Gasteiger partial charge >= 0.3 is 0 Å². The minimum absolute atomic E-state index is 0.0645. The number of aromatic nitrogens is 2. The maximum Gasteiger partial charge on any atom is 0.267 e. The highest BCUT2D eigenvalue weighted by Gasteiger charge is 2.17. The largest absolute Gasteiger partial charge is 0.268 e. The van der Waals surface area contributed by atoms with Crippen LogP contribution in [-0.4, -0.2) is 24.7 Å². The fourth-order valence-electron chi connectivity index (χ4n) is 2.82. The van der Waals surface area contributed by atoms with Crippen molar-refractivity contribution in [3.63, 3.8) is 0 Å². The van der Waals surface area contributed by atoms with Crippen LogP contribution in [0.15, 0.2) is 29.1 Å². The predicted molar refractivity (Wildman–Crippen MR) is 87.5 cm³/mol. The first-order valence-corrected chi connectivity index (χ1v) is 9.50. The molecule has 1 aromatic carbocycles. The van der Waals surface area contributed by atoms with Gasteiger partial charge in [0.15, 0.2) is 0 Å². The molecule has 0 aliphatic heterocycles. The van der Waals surface area contributed by atoms with E-state index in [1.165, 1.54) is 10.7 Å². The SMILES string of the molecule is O=c1cc2c(nn1CCNS(=O)(=O)Cc1cc(F)ccc1F)CCC2. The molecule has 1 aliphatic rings. The van der Waals surface area contributed by atoms with E-state index in [9.17, 15) is 22.0 Å². The lowest BCUT2D eigenvalue weighted by Gasteiger charge is -2.09. The van der Waals surface area contributed by atoms with Crippen molar-refractivity contribution < 1.29 is 17.2 Å². The smallest absolute Gasteiger partial charge is 0.267 e. The van der Waals surface area contributed by atoms with Gasteiger partial charge < -0.3 is 0 Å². The number of benzene rings is 1. The maximum atomic E-state index is 13.6. The second-order valence-electron chi connectivity index (χ2n) is 5.92. The Kier molecular flexibility index (Phi) is 4.96. The molecule has 25 heavy (non-hydrogen) atoms. The Bertz CT molecular complexity index is 958. The Morgan fingerprint density at radius 3 is 2.80 bits per heavy atom. The van der Waals surface area contributed by atoms with Gasteiger partial charge in [-0.15, -0.1) is 0 Å². The van der Waals surface area contributed by atoms with E-state index in [-0.39, 0.29) is 24.2 Å². The van der Waals surface area contributed by atoms with Crippen LogP contribution < -0.4 is 10.3 Å². The first kappa shape index (κ1) is 17.7. The molecule has 3 rings (SSSR count). The molecule has 0 saturated heterocycles. The van der Waals surface area contributed by atoms with Crippen LogP contribution in [0.25, 0.3) is 0 Å². The highest BCUT2D eigenvalue weighted by Crippen LogP contribution is 2.17. The number of rotatable bonds is 6.